The first-order valence-electron chi connectivity index (χ1n) is 3.23. The Morgan fingerprint density at radius 1 is 1.09 bits per heavy atom. The predicted molar refractivity (Wildman–Crippen MR) is 54.4 cm³/mol. The first-order chi connectivity index (χ1) is 4.29. The minimum atomic E-state index is -0.403. The first kappa shape index (κ1) is 17.3. The number of hydrogen-bond acceptors (Lipinski definition) is 3. The molecule has 72 valence electrons. The molecule has 0 atom stereocenters. The largest absolute Gasteiger partial charge is 0.312 e. The second kappa shape index (κ2) is 8.20. The van der Waals surface area contributed by atoms with E-state index in [1.165, 1.54) is 0 Å². The molecule has 3 nitrogen and oxygen atoms in total. The van der Waals surface area contributed by atoms with E-state index in [-0.39, 0.29) is 11.0 Å². The van der Waals surface area contributed by atoms with E-state index in [4.69, 9.17) is 5.26 Å². The van der Waals surface area contributed by atoms with Crippen molar-refractivity contribution in [3.8, 4) is 0 Å². The Labute approximate surface area is 74.3 Å². The van der Waals surface area contributed by atoms with Crippen LogP contribution in [0.5, 0.6) is 0 Å². The van der Waals surface area contributed by atoms with E-state index in [9.17, 15) is 0 Å². The SMILES string of the molecule is CC(C)(C)OO.CN(C)C.[SiH4]. The van der Waals surface area contributed by atoms with Gasteiger partial charge in [-0.1, -0.05) is 0 Å². The highest BCUT2D eigenvalue weighted by atomic mass is 28.1. The van der Waals surface area contributed by atoms with Gasteiger partial charge in [0.1, 0.15) is 0 Å². The predicted octanol–water partition coefficient (Wildman–Crippen LogP) is 0.000700. The third-order valence-electron chi connectivity index (χ3n) is 0.274. The van der Waals surface area contributed by atoms with E-state index >= 15 is 0 Å². The lowest BCUT2D eigenvalue weighted by atomic mass is 10.2. The normalized spacial score (nSPS) is 9.82. The molecule has 0 aromatic heterocycles. The highest BCUT2D eigenvalue weighted by molar-refractivity contribution is 5.75. The summed E-state index contributed by atoms with van der Waals surface area (Å²) in [6.45, 7) is 5.31. The van der Waals surface area contributed by atoms with Gasteiger partial charge in [-0.15, -0.1) is 0 Å². The van der Waals surface area contributed by atoms with Crippen LogP contribution in [0.4, 0.5) is 0 Å². The van der Waals surface area contributed by atoms with E-state index in [1.807, 2.05) is 26.0 Å². The molecule has 0 rings (SSSR count). The molecule has 0 aromatic carbocycles. The van der Waals surface area contributed by atoms with Crippen LogP contribution >= 0.6 is 0 Å². The molecule has 0 bridgehead atoms. The molecule has 0 aliphatic carbocycles. The molecule has 4 heteroatoms. The first-order valence-corrected chi connectivity index (χ1v) is 3.23. The summed E-state index contributed by atoms with van der Waals surface area (Å²) in [5.41, 5.74) is -0.403. The molecule has 0 fully saturated rings. The molecule has 0 saturated carbocycles. The van der Waals surface area contributed by atoms with Gasteiger partial charge in [0.25, 0.3) is 0 Å². The van der Waals surface area contributed by atoms with Crippen molar-refractivity contribution >= 4 is 11.0 Å². The van der Waals surface area contributed by atoms with Gasteiger partial charge in [0, 0.05) is 0 Å². The lowest BCUT2D eigenvalue weighted by Crippen LogP contribution is -2.15. The standard InChI is InChI=1S/C4H10O2.C3H9N.H4Si/c1-4(2,3)6-5;1-4(2)3;/h5H,1-3H3;1-3H3;1H4. The fourth-order valence-electron chi connectivity index (χ4n) is 0. The summed E-state index contributed by atoms with van der Waals surface area (Å²) >= 11 is 0. The third kappa shape index (κ3) is 69.0. The molecule has 0 saturated heterocycles. The van der Waals surface area contributed by atoms with Crippen molar-refractivity contribution in [2.45, 2.75) is 26.4 Å². The average Bonchev–Trinajstić information content (AvgIpc) is 1.63. The van der Waals surface area contributed by atoms with Gasteiger partial charge in [-0.05, 0) is 52.9 Å². The second-order valence-corrected chi connectivity index (χ2v) is 3.55. The molecular formula is C7H23NO2Si. The van der Waals surface area contributed by atoms with Crippen LogP contribution in [-0.2, 0) is 4.89 Å². The van der Waals surface area contributed by atoms with Gasteiger partial charge < -0.3 is 4.90 Å². The van der Waals surface area contributed by atoms with E-state index < -0.39 is 5.60 Å². The Morgan fingerprint density at radius 2 is 1.18 bits per heavy atom. The van der Waals surface area contributed by atoms with E-state index in [1.54, 1.807) is 20.8 Å². The molecule has 0 spiro atoms. The highest BCUT2D eigenvalue weighted by Gasteiger charge is 2.06. The Balaban J connectivity index is -0.000000114. The summed E-state index contributed by atoms with van der Waals surface area (Å²) in [5.74, 6) is 0. The molecule has 0 aliphatic rings. The molecule has 0 aliphatic heterocycles. The van der Waals surface area contributed by atoms with Crippen LogP contribution in [0, 0.1) is 0 Å². The van der Waals surface area contributed by atoms with Crippen molar-refractivity contribution < 1.29 is 10.1 Å². The highest BCUT2D eigenvalue weighted by Crippen LogP contribution is 2.01. The molecule has 0 amide bonds. The average molecular weight is 181 g/mol. The van der Waals surface area contributed by atoms with Crippen LogP contribution in [0.15, 0.2) is 0 Å². The molecule has 11 heavy (non-hydrogen) atoms. The maximum absolute atomic E-state index is 7.90. The zero-order valence-corrected chi connectivity index (χ0v) is 7.80. The summed E-state index contributed by atoms with van der Waals surface area (Å²) < 4.78 is 0. The van der Waals surface area contributed by atoms with E-state index in [2.05, 4.69) is 4.89 Å². The summed E-state index contributed by atoms with van der Waals surface area (Å²) in [5, 5.41) is 7.90. The fraction of sp³-hybridized carbons (Fsp3) is 1.00. The minimum absolute atomic E-state index is 0. The maximum atomic E-state index is 7.90. The van der Waals surface area contributed by atoms with Crippen LogP contribution in [0.3, 0.4) is 0 Å². The lowest BCUT2D eigenvalue weighted by Gasteiger charge is -2.10. The molecular weight excluding hydrogens is 158 g/mol. The Bertz CT molecular complexity index is 68.6. The van der Waals surface area contributed by atoms with Crippen molar-refractivity contribution in [1.82, 2.24) is 4.90 Å². The maximum Gasteiger partial charge on any atom is 0.0949 e. The van der Waals surface area contributed by atoms with Crippen LogP contribution in [-0.4, -0.2) is 47.9 Å². The van der Waals surface area contributed by atoms with Gasteiger partial charge in [0.2, 0.25) is 0 Å². The van der Waals surface area contributed by atoms with E-state index in [0.717, 1.165) is 0 Å². The number of rotatable bonds is 0. The van der Waals surface area contributed by atoms with Crippen molar-refractivity contribution in [1.29, 1.82) is 0 Å². The summed E-state index contributed by atoms with van der Waals surface area (Å²) in [6.07, 6.45) is 0. The van der Waals surface area contributed by atoms with Crippen LogP contribution in [0.25, 0.3) is 0 Å². The van der Waals surface area contributed by atoms with Gasteiger partial charge in [-0.25, -0.2) is 4.89 Å². The molecule has 0 aromatic rings. The molecule has 0 heterocycles. The third-order valence-corrected chi connectivity index (χ3v) is 0.274. The Morgan fingerprint density at radius 3 is 1.18 bits per heavy atom. The van der Waals surface area contributed by atoms with Gasteiger partial charge >= 0.3 is 0 Å². The van der Waals surface area contributed by atoms with Crippen molar-refractivity contribution in [3.05, 3.63) is 0 Å². The Kier molecular flexibility index (Phi) is 12.9. The van der Waals surface area contributed by atoms with Gasteiger partial charge in [-0.3, -0.25) is 5.26 Å². The number of nitrogens with zero attached hydrogens (tertiary/aromatic N) is 1. The number of hydrogen-bond donors (Lipinski definition) is 1. The smallest absolute Gasteiger partial charge is 0.0949 e. The monoisotopic (exact) mass is 181 g/mol. The van der Waals surface area contributed by atoms with Crippen molar-refractivity contribution in [2.24, 2.45) is 0 Å². The molecule has 1 N–H and O–H groups in total. The van der Waals surface area contributed by atoms with E-state index in [0.29, 0.717) is 0 Å². The summed E-state index contributed by atoms with van der Waals surface area (Å²) in [6, 6.07) is 0. The van der Waals surface area contributed by atoms with Gasteiger partial charge in [0.05, 0.1) is 5.60 Å². The summed E-state index contributed by atoms with van der Waals surface area (Å²) in [4.78, 5) is 5.94. The molecule has 0 unspecified atom stereocenters. The van der Waals surface area contributed by atoms with Crippen LogP contribution < -0.4 is 0 Å². The molecule has 0 radical (unpaired) electrons. The zero-order valence-electron chi connectivity index (χ0n) is 7.80. The van der Waals surface area contributed by atoms with Crippen molar-refractivity contribution in [3.63, 3.8) is 0 Å². The van der Waals surface area contributed by atoms with Gasteiger partial charge in [-0.2, -0.15) is 0 Å². The topological polar surface area (TPSA) is 32.7 Å². The van der Waals surface area contributed by atoms with Crippen LogP contribution in [0.1, 0.15) is 20.8 Å². The Hall–Kier alpha value is 0.0969. The second-order valence-electron chi connectivity index (χ2n) is 3.55. The summed E-state index contributed by atoms with van der Waals surface area (Å²) in [7, 11) is 6.00. The zero-order chi connectivity index (χ0) is 8.78. The van der Waals surface area contributed by atoms with Gasteiger partial charge in [0.15, 0.2) is 0 Å². The minimum Gasteiger partial charge on any atom is -0.312 e. The quantitative estimate of drug-likeness (QED) is 0.324. The lowest BCUT2D eigenvalue weighted by molar-refractivity contribution is -0.306. The van der Waals surface area contributed by atoms with Crippen LogP contribution in [0.2, 0.25) is 0 Å². The van der Waals surface area contributed by atoms with Crippen molar-refractivity contribution in [2.75, 3.05) is 21.1 Å². The fourth-order valence-corrected chi connectivity index (χ4v) is 0.